The third-order valence-electron chi connectivity index (χ3n) is 6.19. The topological polar surface area (TPSA) is 254 Å². The van der Waals surface area contributed by atoms with E-state index in [9.17, 15) is 50.4 Å². The highest BCUT2D eigenvalue weighted by Crippen LogP contribution is 2.29. The number of rotatable bonds is 11. The molecule has 39 heavy (non-hydrogen) atoms. The molecule has 0 radical (unpaired) electrons. The number of aliphatic carboxylic acids is 1. The Hall–Kier alpha value is -2.48. The van der Waals surface area contributed by atoms with E-state index in [2.05, 4.69) is 5.32 Å². The summed E-state index contributed by atoms with van der Waals surface area (Å²) < 4.78 is 26.3. The van der Waals surface area contributed by atoms with E-state index in [1.54, 1.807) is 30.3 Å². The predicted molar refractivity (Wildman–Crippen MR) is 124 cm³/mol. The van der Waals surface area contributed by atoms with Gasteiger partial charge in [0, 0.05) is 0 Å². The van der Waals surface area contributed by atoms with Gasteiger partial charge in [-0.15, -0.1) is 0 Å². The van der Waals surface area contributed by atoms with Gasteiger partial charge in [-0.1, -0.05) is 30.3 Å². The molecule has 220 valence electrons. The van der Waals surface area contributed by atoms with Gasteiger partial charge in [0.2, 0.25) is 0 Å². The molecule has 2 heterocycles. The summed E-state index contributed by atoms with van der Waals surface area (Å²) in [5, 5.41) is 81.7. The zero-order chi connectivity index (χ0) is 28.7. The Bertz CT molecular complexity index is 918. The third kappa shape index (κ3) is 7.80. The van der Waals surface area contributed by atoms with E-state index in [4.69, 9.17) is 23.7 Å². The summed E-state index contributed by atoms with van der Waals surface area (Å²) in [5.41, 5.74) is 0.666. The molecule has 2 fully saturated rings. The molecule has 3 rings (SSSR count). The van der Waals surface area contributed by atoms with Gasteiger partial charge >= 0.3 is 12.1 Å². The lowest BCUT2D eigenvalue weighted by molar-refractivity contribution is -0.359. The fourth-order valence-corrected chi connectivity index (χ4v) is 3.97. The monoisotopic (exact) mass is 563 g/mol. The van der Waals surface area contributed by atoms with E-state index >= 15 is 0 Å². The van der Waals surface area contributed by atoms with Crippen molar-refractivity contribution in [3.8, 4) is 0 Å². The van der Waals surface area contributed by atoms with Crippen molar-refractivity contribution in [1.82, 2.24) is 5.32 Å². The Morgan fingerprint density at radius 3 is 2.08 bits per heavy atom. The van der Waals surface area contributed by atoms with E-state index in [1.807, 2.05) is 0 Å². The molecule has 1 amide bonds. The molecule has 11 atom stereocenters. The molecule has 1 aromatic rings. The zero-order valence-corrected chi connectivity index (χ0v) is 20.5. The zero-order valence-electron chi connectivity index (χ0n) is 20.5. The van der Waals surface area contributed by atoms with Crippen LogP contribution in [-0.4, -0.2) is 140 Å². The quantitative estimate of drug-likeness (QED) is 0.124. The number of benzene rings is 1. The summed E-state index contributed by atoms with van der Waals surface area (Å²) in [4.78, 5) is 23.6. The maximum Gasteiger partial charge on any atom is 0.408 e. The van der Waals surface area contributed by atoms with Crippen LogP contribution in [-0.2, 0) is 35.1 Å². The van der Waals surface area contributed by atoms with Crippen LogP contribution in [0.3, 0.4) is 0 Å². The van der Waals surface area contributed by atoms with Crippen LogP contribution in [0.25, 0.3) is 0 Å². The summed E-state index contributed by atoms with van der Waals surface area (Å²) in [5.74, 6) is -1.50. The number of carbonyl (C=O) groups is 2. The Kier molecular flexibility index (Phi) is 11.3. The van der Waals surface area contributed by atoms with E-state index in [1.165, 1.54) is 0 Å². The lowest BCUT2D eigenvalue weighted by atomic mass is 9.97. The van der Waals surface area contributed by atoms with Crippen molar-refractivity contribution in [2.45, 2.75) is 74.1 Å². The molecule has 0 aliphatic carbocycles. The largest absolute Gasteiger partial charge is 0.480 e. The fourth-order valence-electron chi connectivity index (χ4n) is 3.97. The van der Waals surface area contributed by atoms with Gasteiger partial charge in [-0.3, -0.25) is 0 Å². The summed E-state index contributed by atoms with van der Waals surface area (Å²) in [6.07, 6.45) is -17.7. The molecular formula is C23H33NO15. The first-order valence-corrected chi connectivity index (χ1v) is 12.0. The van der Waals surface area contributed by atoms with Crippen LogP contribution in [0.4, 0.5) is 4.79 Å². The molecular weight excluding hydrogens is 530 g/mol. The summed E-state index contributed by atoms with van der Waals surface area (Å²) in [6.45, 7) is -2.40. The number of carbonyl (C=O) groups excluding carboxylic acids is 1. The normalized spacial score (nSPS) is 35.7. The van der Waals surface area contributed by atoms with Gasteiger partial charge in [0.05, 0.1) is 19.8 Å². The molecule has 2 aliphatic heterocycles. The highest BCUT2D eigenvalue weighted by atomic mass is 16.7. The minimum atomic E-state index is -1.87. The van der Waals surface area contributed by atoms with Crippen molar-refractivity contribution >= 4 is 12.1 Å². The maximum atomic E-state index is 12.0. The molecule has 1 aromatic carbocycles. The van der Waals surface area contributed by atoms with E-state index in [-0.39, 0.29) is 6.61 Å². The molecule has 16 heteroatoms. The average Bonchev–Trinajstić information content (AvgIpc) is 2.93. The van der Waals surface area contributed by atoms with E-state index < -0.39 is 99.3 Å². The van der Waals surface area contributed by atoms with E-state index in [0.717, 1.165) is 0 Å². The summed E-state index contributed by atoms with van der Waals surface area (Å²) in [7, 11) is 0. The molecule has 0 bridgehead atoms. The van der Waals surface area contributed by atoms with Crippen molar-refractivity contribution in [3.05, 3.63) is 35.9 Å². The number of carboxylic acids is 1. The Morgan fingerprint density at radius 2 is 1.46 bits per heavy atom. The summed E-state index contributed by atoms with van der Waals surface area (Å²) in [6, 6.07) is 6.98. The van der Waals surface area contributed by atoms with Crippen LogP contribution in [0.15, 0.2) is 30.3 Å². The standard InChI is InChI=1S/C23H33NO15/c25-6-12-14(27)15(28)17(30)22(37-12)39-19-13(7-26)38-21(18(31)16(19)29)35-9-11(20(32)33)24-23(34)36-8-10-4-2-1-3-5-10/h1-5,11-19,21-22,25-31H,6-9H2,(H,24,34)(H,32,33)/t11-,12+,13+,14-,15-,16+,17+,18+,19+,21?,22-/m0/s1. The number of aliphatic hydroxyl groups excluding tert-OH is 7. The van der Waals surface area contributed by atoms with E-state index in [0.29, 0.717) is 5.56 Å². The number of amides is 1. The molecule has 0 saturated carbocycles. The molecule has 0 aromatic heterocycles. The number of carboxylic acid groups (broad SMARTS) is 1. The number of alkyl carbamates (subject to hydrolysis) is 1. The van der Waals surface area contributed by atoms with Gasteiger partial charge < -0.3 is 69.9 Å². The first-order chi connectivity index (χ1) is 18.6. The fraction of sp³-hybridized carbons (Fsp3) is 0.652. The minimum Gasteiger partial charge on any atom is -0.480 e. The number of ether oxygens (including phenoxy) is 5. The molecule has 16 nitrogen and oxygen atoms in total. The highest BCUT2D eigenvalue weighted by Gasteiger charge is 2.50. The lowest BCUT2D eigenvalue weighted by Gasteiger charge is -2.46. The second kappa shape index (κ2) is 14.2. The Labute approximate surface area is 221 Å². The molecule has 2 saturated heterocycles. The second-order valence-electron chi connectivity index (χ2n) is 8.93. The van der Waals surface area contributed by atoms with Crippen molar-refractivity contribution in [1.29, 1.82) is 0 Å². The minimum absolute atomic E-state index is 0.121. The summed E-state index contributed by atoms with van der Waals surface area (Å²) >= 11 is 0. The molecule has 2 aliphatic rings. The number of nitrogens with one attached hydrogen (secondary N) is 1. The predicted octanol–water partition coefficient (Wildman–Crippen LogP) is -3.99. The second-order valence-corrected chi connectivity index (χ2v) is 8.93. The van der Waals surface area contributed by atoms with Crippen LogP contribution >= 0.6 is 0 Å². The SMILES string of the molecule is O=C(N[C@@H](COC1O[C@H](CO)[C@@H](O[C@@H]2O[C@H](CO)[C@H](O)[C@H](O)[C@H]2O)[C@H](O)[C@H]1O)C(=O)O)OCc1ccccc1. The average molecular weight is 564 g/mol. The van der Waals surface area contributed by atoms with Gasteiger partial charge in [-0.2, -0.15) is 0 Å². The van der Waals surface area contributed by atoms with Crippen LogP contribution in [0.5, 0.6) is 0 Å². The molecule has 9 N–H and O–H groups in total. The van der Waals surface area contributed by atoms with Gasteiger partial charge in [-0.25, -0.2) is 9.59 Å². The van der Waals surface area contributed by atoms with Crippen LogP contribution in [0.1, 0.15) is 5.56 Å². The van der Waals surface area contributed by atoms with Crippen molar-refractivity contribution in [2.24, 2.45) is 0 Å². The van der Waals surface area contributed by atoms with Crippen molar-refractivity contribution in [2.75, 3.05) is 19.8 Å². The van der Waals surface area contributed by atoms with Crippen LogP contribution in [0.2, 0.25) is 0 Å². The molecule has 1 unspecified atom stereocenters. The maximum absolute atomic E-state index is 12.0. The van der Waals surface area contributed by atoms with Crippen LogP contribution < -0.4 is 5.32 Å². The van der Waals surface area contributed by atoms with Gasteiger partial charge in [-0.05, 0) is 5.56 Å². The first-order valence-electron chi connectivity index (χ1n) is 12.0. The lowest BCUT2D eigenvalue weighted by Crippen LogP contribution is -2.65. The smallest absolute Gasteiger partial charge is 0.408 e. The van der Waals surface area contributed by atoms with Crippen molar-refractivity contribution in [3.63, 3.8) is 0 Å². The number of hydrogen-bond acceptors (Lipinski definition) is 14. The van der Waals surface area contributed by atoms with Gasteiger partial charge in [0.15, 0.2) is 18.6 Å². The highest BCUT2D eigenvalue weighted by molar-refractivity contribution is 5.80. The third-order valence-corrected chi connectivity index (χ3v) is 6.19. The number of hydrogen-bond donors (Lipinski definition) is 9. The Balaban J connectivity index is 1.57. The van der Waals surface area contributed by atoms with Crippen LogP contribution in [0, 0.1) is 0 Å². The van der Waals surface area contributed by atoms with Gasteiger partial charge in [0.25, 0.3) is 0 Å². The Morgan fingerprint density at radius 1 is 0.846 bits per heavy atom. The van der Waals surface area contributed by atoms with Gasteiger partial charge in [0.1, 0.15) is 55.4 Å². The molecule has 0 spiro atoms. The van der Waals surface area contributed by atoms with Crippen molar-refractivity contribution < 1.29 is 74.1 Å². The number of aliphatic hydroxyl groups is 7. The first kappa shape index (κ1) is 31.1.